The highest BCUT2D eigenvalue weighted by atomic mass is 16.1. The number of aryl methyl sites for hydroxylation is 1. The van der Waals surface area contributed by atoms with Gasteiger partial charge in [0, 0.05) is 18.0 Å². The fourth-order valence-corrected chi connectivity index (χ4v) is 3.22. The number of fused-ring (bicyclic) bond motifs is 1. The zero-order chi connectivity index (χ0) is 13.2. The van der Waals surface area contributed by atoms with Gasteiger partial charge >= 0.3 is 0 Å². The molecule has 1 aromatic carbocycles. The third-order valence-corrected chi connectivity index (χ3v) is 4.42. The second-order valence-electron chi connectivity index (χ2n) is 5.70. The summed E-state index contributed by atoms with van der Waals surface area (Å²) in [6, 6.07) is 8.79. The van der Waals surface area contributed by atoms with Crippen molar-refractivity contribution in [1.82, 2.24) is 4.90 Å². The predicted octanol–water partition coefficient (Wildman–Crippen LogP) is 3.07. The van der Waals surface area contributed by atoms with Crippen LogP contribution in [0.2, 0.25) is 0 Å². The van der Waals surface area contributed by atoms with E-state index in [4.69, 9.17) is 0 Å². The van der Waals surface area contributed by atoms with Crippen LogP contribution in [-0.2, 0) is 11.2 Å². The molecular formula is C17H21NO. The highest BCUT2D eigenvalue weighted by Crippen LogP contribution is 2.30. The number of rotatable bonds is 1. The second kappa shape index (κ2) is 5.30. The van der Waals surface area contributed by atoms with E-state index in [1.165, 1.54) is 24.8 Å². The summed E-state index contributed by atoms with van der Waals surface area (Å²) in [5.41, 5.74) is 3.45. The average Bonchev–Trinajstić information content (AvgIpc) is 2.44. The summed E-state index contributed by atoms with van der Waals surface area (Å²) in [5, 5.41) is 0. The molecule has 0 saturated carbocycles. The van der Waals surface area contributed by atoms with Crippen LogP contribution in [0, 0.1) is 0 Å². The SMILES string of the molecule is CN1CCCCC1/C=C1/C(=O)CCc2ccccc21. The molecule has 0 aromatic heterocycles. The van der Waals surface area contributed by atoms with E-state index in [1.807, 2.05) is 6.07 Å². The van der Waals surface area contributed by atoms with Gasteiger partial charge in [0.15, 0.2) is 5.78 Å². The van der Waals surface area contributed by atoms with Crippen LogP contribution in [0.3, 0.4) is 0 Å². The molecule has 2 nitrogen and oxygen atoms in total. The number of nitrogens with zero attached hydrogens (tertiary/aromatic N) is 1. The van der Waals surface area contributed by atoms with Crippen molar-refractivity contribution in [2.45, 2.75) is 38.1 Å². The largest absolute Gasteiger partial charge is 0.300 e. The molecule has 1 unspecified atom stereocenters. The summed E-state index contributed by atoms with van der Waals surface area (Å²) in [4.78, 5) is 14.6. The van der Waals surface area contributed by atoms with Gasteiger partial charge in [0.05, 0.1) is 0 Å². The first-order chi connectivity index (χ1) is 9.25. The van der Waals surface area contributed by atoms with Gasteiger partial charge in [-0.25, -0.2) is 0 Å². The molecule has 100 valence electrons. The van der Waals surface area contributed by atoms with E-state index in [0.717, 1.165) is 24.1 Å². The maximum absolute atomic E-state index is 12.3. The topological polar surface area (TPSA) is 20.3 Å². The fourth-order valence-electron chi connectivity index (χ4n) is 3.22. The van der Waals surface area contributed by atoms with Gasteiger partial charge in [-0.2, -0.15) is 0 Å². The first-order valence-corrected chi connectivity index (χ1v) is 7.29. The van der Waals surface area contributed by atoms with Gasteiger partial charge < -0.3 is 0 Å². The lowest BCUT2D eigenvalue weighted by Crippen LogP contribution is -2.35. The average molecular weight is 255 g/mol. The van der Waals surface area contributed by atoms with E-state index in [-0.39, 0.29) is 0 Å². The lowest BCUT2D eigenvalue weighted by Gasteiger charge is -2.31. The molecular weight excluding hydrogens is 234 g/mol. The van der Waals surface area contributed by atoms with Crippen molar-refractivity contribution in [3.05, 3.63) is 41.5 Å². The van der Waals surface area contributed by atoms with Crippen LogP contribution in [0.5, 0.6) is 0 Å². The highest BCUT2D eigenvalue weighted by Gasteiger charge is 2.24. The predicted molar refractivity (Wildman–Crippen MR) is 78.0 cm³/mol. The van der Waals surface area contributed by atoms with Gasteiger partial charge in [-0.05, 0) is 44.0 Å². The van der Waals surface area contributed by atoms with Crippen LogP contribution in [0.1, 0.15) is 36.8 Å². The minimum absolute atomic E-state index is 0.317. The molecule has 0 spiro atoms. The first kappa shape index (κ1) is 12.6. The number of likely N-dealkylation sites (tertiary alicyclic amines) is 1. The Balaban J connectivity index is 1.96. The second-order valence-corrected chi connectivity index (χ2v) is 5.70. The number of hydrogen-bond acceptors (Lipinski definition) is 2. The molecule has 19 heavy (non-hydrogen) atoms. The molecule has 1 saturated heterocycles. The van der Waals surface area contributed by atoms with Crippen molar-refractivity contribution in [2.24, 2.45) is 0 Å². The zero-order valence-electron chi connectivity index (χ0n) is 11.6. The van der Waals surface area contributed by atoms with Gasteiger partial charge in [-0.1, -0.05) is 36.8 Å². The van der Waals surface area contributed by atoms with Crippen LogP contribution in [-0.4, -0.2) is 30.3 Å². The molecule has 2 aliphatic rings. The van der Waals surface area contributed by atoms with Crippen LogP contribution in [0.25, 0.3) is 5.57 Å². The normalized spacial score (nSPS) is 26.5. The van der Waals surface area contributed by atoms with Gasteiger partial charge in [-0.3, -0.25) is 9.69 Å². The van der Waals surface area contributed by atoms with Crippen molar-refractivity contribution in [3.63, 3.8) is 0 Å². The first-order valence-electron chi connectivity index (χ1n) is 7.29. The number of likely N-dealkylation sites (N-methyl/N-ethyl adjacent to an activating group) is 1. The Bertz CT molecular complexity index is 518. The van der Waals surface area contributed by atoms with E-state index in [2.05, 4.69) is 36.2 Å². The molecule has 1 heterocycles. The standard InChI is InChI=1S/C17H21NO/c1-18-11-5-4-7-14(18)12-16-15-8-3-2-6-13(15)9-10-17(16)19/h2-3,6,8,12,14H,4-5,7,9-11H2,1H3/b16-12+. The smallest absolute Gasteiger partial charge is 0.163 e. The van der Waals surface area contributed by atoms with Crippen molar-refractivity contribution in [2.75, 3.05) is 13.6 Å². The Morgan fingerprint density at radius 1 is 1.21 bits per heavy atom. The van der Waals surface area contributed by atoms with Crippen LogP contribution in [0.15, 0.2) is 30.3 Å². The number of carbonyl (C=O) groups excluding carboxylic acids is 1. The van der Waals surface area contributed by atoms with Crippen LogP contribution >= 0.6 is 0 Å². The number of benzene rings is 1. The summed E-state index contributed by atoms with van der Waals surface area (Å²) in [6.45, 7) is 1.14. The van der Waals surface area contributed by atoms with Crippen LogP contribution in [0.4, 0.5) is 0 Å². The minimum Gasteiger partial charge on any atom is -0.300 e. The lowest BCUT2D eigenvalue weighted by atomic mass is 9.84. The Labute approximate surface area is 115 Å². The maximum Gasteiger partial charge on any atom is 0.163 e. The van der Waals surface area contributed by atoms with Crippen LogP contribution < -0.4 is 0 Å². The van der Waals surface area contributed by atoms with E-state index in [9.17, 15) is 4.79 Å². The lowest BCUT2D eigenvalue weighted by molar-refractivity contribution is -0.113. The molecule has 0 bridgehead atoms. The fraction of sp³-hybridized carbons (Fsp3) is 0.471. The number of piperidine rings is 1. The third kappa shape index (κ3) is 2.50. The highest BCUT2D eigenvalue weighted by molar-refractivity contribution is 6.22. The summed E-state index contributed by atoms with van der Waals surface area (Å²) < 4.78 is 0. The maximum atomic E-state index is 12.3. The number of Topliss-reactive ketones (excluding diaryl/α,β-unsaturated/α-hetero) is 1. The van der Waals surface area contributed by atoms with Gasteiger partial charge in [0.25, 0.3) is 0 Å². The Morgan fingerprint density at radius 2 is 2.05 bits per heavy atom. The minimum atomic E-state index is 0.317. The number of hydrogen-bond donors (Lipinski definition) is 0. The molecule has 0 amide bonds. The molecule has 1 fully saturated rings. The third-order valence-electron chi connectivity index (χ3n) is 4.42. The molecule has 0 N–H and O–H groups in total. The summed E-state index contributed by atoms with van der Waals surface area (Å²) in [7, 11) is 2.17. The molecule has 0 radical (unpaired) electrons. The molecule has 1 atom stereocenters. The molecule has 3 rings (SSSR count). The van der Waals surface area contributed by atoms with E-state index in [1.54, 1.807) is 0 Å². The quantitative estimate of drug-likeness (QED) is 0.719. The summed E-state index contributed by atoms with van der Waals surface area (Å²) in [6.07, 6.45) is 7.51. The Morgan fingerprint density at radius 3 is 2.89 bits per heavy atom. The van der Waals surface area contributed by atoms with Crippen molar-refractivity contribution < 1.29 is 4.79 Å². The zero-order valence-corrected chi connectivity index (χ0v) is 11.6. The summed E-state index contributed by atoms with van der Waals surface area (Å²) in [5.74, 6) is 0.317. The van der Waals surface area contributed by atoms with Crippen molar-refractivity contribution in [1.29, 1.82) is 0 Å². The van der Waals surface area contributed by atoms with Gasteiger partial charge in [0.2, 0.25) is 0 Å². The van der Waals surface area contributed by atoms with Crippen molar-refractivity contribution >= 4 is 11.4 Å². The molecule has 1 aromatic rings. The monoisotopic (exact) mass is 255 g/mol. The molecule has 1 aliphatic heterocycles. The van der Waals surface area contributed by atoms with Gasteiger partial charge in [0.1, 0.15) is 0 Å². The van der Waals surface area contributed by atoms with Gasteiger partial charge in [-0.15, -0.1) is 0 Å². The molecule has 1 aliphatic carbocycles. The van der Waals surface area contributed by atoms with E-state index >= 15 is 0 Å². The number of allylic oxidation sites excluding steroid dienone is 1. The van der Waals surface area contributed by atoms with E-state index < -0.39 is 0 Å². The summed E-state index contributed by atoms with van der Waals surface area (Å²) >= 11 is 0. The Kier molecular flexibility index (Phi) is 3.52. The number of carbonyl (C=O) groups is 1. The Hall–Kier alpha value is -1.41. The van der Waals surface area contributed by atoms with E-state index in [0.29, 0.717) is 18.2 Å². The molecule has 2 heteroatoms. The van der Waals surface area contributed by atoms with Crippen molar-refractivity contribution in [3.8, 4) is 0 Å². The number of ketones is 1.